The van der Waals surface area contributed by atoms with Crippen LogP contribution < -0.4 is 15.5 Å². The molecule has 2 saturated heterocycles. The number of anilines is 2. The van der Waals surface area contributed by atoms with Gasteiger partial charge in [-0.05, 0) is 56.0 Å². The molecule has 2 N–H and O–H groups in total. The molecular weight excluding hydrogens is 308 g/mol. The molecule has 2 fully saturated rings. The van der Waals surface area contributed by atoms with Crippen molar-refractivity contribution in [3.8, 4) is 0 Å². The van der Waals surface area contributed by atoms with Crippen molar-refractivity contribution in [3.63, 3.8) is 0 Å². The number of ether oxygens (including phenoxy) is 1. The third-order valence-electron chi connectivity index (χ3n) is 4.50. The second-order valence-corrected chi connectivity index (χ2v) is 6.98. The largest absolute Gasteiger partial charge is 0.376 e. The second kappa shape index (κ2) is 7.93. The van der Waals surface area contributed by atoms with Gasteiger partial charge in [-0.1, -0.05) is 6.92 Å². The van der Waals surface area contributed by atoms with E-state index >= 15 is 0 Å². The molecule has 2 atom stereocenters. The maximum atomic E-state index is 5.58. The third kappa shape index (κ3) is 4.78. The van der Waals surface area contributed by atoms with Crippen LogP contribution >= 0.6 is 12.2 Å². The van der Waals surface area contributed by atoms with Gasteiger partial charge in [0.05, 0.1) is 18.0 Å². The lowest BCUT2D eigenvalue weighted by Crippen LogP contribution is -2.35. The number of rotatable bonds is 4. The summed E-state index contributed by atoms with van der Waals surface area (Å²) >= 11 is 5.33. The van der Waals surface area contributed by atoms with E-state index in [0.29, 0.717) is 5.11 Å². The number of thiocarbonyl (C=S) groups is 1. The van der Waals surface area contributed by atoms with Crippen molar-refractivity contribution in [1.29, 1.82) is 0 Å². The van der Waals surface area contributed by atoms with Gasteiger partial charge in [0, 0.05) is 26.2 Å². The van der Waals surface area contributed by atoms with E-state index in [1.807, 2.05) is 12.3 Å². The Morgan fingerprint density at radius 1 is 1.39 bits per heavy atom. The van der Waals surface area contributed by atoms with Crippen molar-refractivity contribution in [3.05, 3.63) is 18.3 Å². The number of pyridine rings is 1. The molecule has 0 spiro atoms. The van der Waals surface area contributed by atoms with Gasteiger partial charge in [-0.25, -0.2) is 4.98 Å². The van der Waals surface area contributed by atoms with E-state index in [1.165, 1.54) is 12.8 Å². The van der Waals surface area contributed by atoms with E-state index in [2.05, 4.69) is 33.5 Å². The Morgan fingerprint density at radius 2 is 2.30 bits per heavy atom. The standard InChI is InChI=1S/C17H26N4OS/c1-13-4-2-8-21(12-13)16-7-6-14(10-18-16)20-17(23)19-11-15-5-3-9-22-15/h6-7,10,13,15H,2-5,8-9,11-12H2,1H3,(H2,19,20,23). The van der Waals surface area contributed by atoms with Crippen molar-refractivity contribution in [1.82, 2.24) is 10.3 Å². The summed E-state index contributed by atoms with van der Waals surface area (Å²) < 4.78 is 5.58. The molecule has 0 radical (unpaired) electrons. The molecule has 6 heteroatoms. The molecule has 3 heterocycles. The SMILES string of the molecule is CC1CCCN(c2ccc(NC(=S)NCC3CCCO3)cn2)C1. The number of aromatic nitrogens is 1. The molecule has 5 nitrogen and oxygen atoms in total. The highest BCUT2D eigenvalue weighted by Gasteiger charge is 2.17. The monoisotopic (exact) mass is 334 g/mol. The smallest absolute Gasteiger partial charge is 0.170 e. The van der Waals surface area contributed by atoms with Crippen LogP contribution in [0.1, 0.15) is 32.6 Å². The number of hydrogen-bond donors (Lipinski definition) is 2. The predicted molar refractivity (Wildman–Crippen MR) is 98.0 cm³/mol. The minimum Gasteiger partial charge on any atom is -0.376 e. The Balaban J connectivity index is 1.47. The summed E-state index contributed by atoms with van der Waals surface area (Å²) in [4.78, 5) is 6.95. The maximum absolute atomic E-state index is 5.58. The van der Waals surface area contributed by atoms with E-state index in [4.69, 9.17) is 17.0 Å². The summed E-state index contributed by atoms with van der Waals surface area (Å²) in [5.41, 5.74) is 0.920. The number of nitrogens with one attached hydrogen (secondary N) is 2. The Bertz CT molecular complexity index is 516. The summed E-state index contributed by atoms with van der Waals surface area (Å²) in [7, 11) is 0. The summed E-state index contributed by atoms with van der Waals surface area (Å²) in [6, 6.07) is 4.12. The number of nitrogens with zero attached hydrogens (tertiary/aromatic N) is 2. The fourth-order valence-electron chi connectivity index (χ4n) is 3.23. The summed E-state index contributed by atoms with van der Waals surface area (Å²) in [5, 5.41) is 7.03. The van der Waals surface area contributed by atoms with Crippen LogP contribution in [0.25, 0.3) is 0 Å². The quantitative estimate of drug-likeness (QED) is 0.826. The molecule has 2 aliphatic heterocycles. The lowest BCUT2D eigenvalue weighted by molar-refractivity contribution is 0.114. The normalized spacial score (nSPS) is 24.5. The fourth-order valence-corrected chi connectivity index (χ4v) is 3.43. The van der Waals surface area contributed by atoms with E-state index < -0.39 is 0 Å². The topological polar surface area (TPSA) is 49.4 Å². The van der Waals surface area contributed by atoms with Crippen LogP contribution in [0, 0.1) is 5.92 Å². The van der Waals surface area contributed by atoms with Crippen LogP contribution in [-0.4, -0.2) is 42.4 Å². The molecule has 1 aromatic rings. The van der Waals surface area contributed by atoms with Crippen LogP contribution in [-0.2, 0) is 4.74 Å². The van der Waals surface area contributed by atoms with Crippen molar-refractivity contribution in [2.75, 3.05) is 36.5 Å². The first-order valence-electron chi connectivity index (χ1n) is 8.58. The zero-order valence-electron chi connectivity index (χ0n) is 13.8. The molecule has 0 amide bonds. The number of hydrogen-bond acceptors (Lipinski definition) is 4. The lowest BCUT2D eigenvalue weighted by Gasteiger charge is -2.31. The van der Waals surface area contributed by atoms with E-state index in [0.717, 1.165) is 56.5 Å². The summed E-state index contributed by atoms with van der Waals surface area (Å²) in [6.45, 7) is 6.14. The molecular formula is C17H26N4OS. The van der Waals surface area contributed by atoms with Gasteiger partial charge in [-0.2, -0.15) is 0 Å². The first kappa shape index (κ1) is 16.5. The average molecular weight is 334 g/mol. The van der Waals surface area contributed by atoms with E-state index in [9.17, 15) is 0 Å². The van der Waals surface area contributed by atoms with E-state index in [1.54, 1.807) is 0 Å². The minimum atomic E-state index is 0.288. The molecule has 0 bridgehead atoms. The Kier molecular flexibility index (Phi) is 5.67. The van der Waals surface area contributed by atoms with Crippen LogP contribution in [0.3, 0.4) is 0 Å². The maximum Gasteiger partial charge on any atom is 0.170 e. The highest BCUT2D eigenvalue weighted by molar-refractivity contribution is 7.80. The minimum absolute atomic E-state index is 0.288. The van der Waals surface area contributed by atoms with Crippen LogP contribution in [0.2, 0.25) is 0 Å². The summed E-state index contributed by atoms with van der Waals surface area (Å²) in [6.07, 6.45) is 6.97. The molecule has 2 aliphatic rings. The Labute approximate surface area is 143 Å². The van der Waals surface area contributed by atoms with Crippen LogP contribution in [0.15, 0.2) is 18.3 Å². The Hall–Kier alpha value is -1.40. The zero-order valence-corrected chi connectivity index (χ0v) is 14.6. The molecule has 0 aliphatic carbocycles. The average Bonchev–Trinajstić information content (AvgIpc) is 3.07. The Morgan fingerprint density at radius 3 is 3.00 bits per heavy atom. The van der Waals surface area contributed by atoms with Gasteiger partial charge in [0.15, 0.2) is 5.11 Å². The lowest BCUT2D eigenvalue weighted by atomic mass is 10.0. The first-order chi connectivity index (χ1) is 11.2. The number of piperidine rings is 1. The zero-order chi connectivity index (χ0) is 16.1. The molecule has 126 valence electrons. The van der Waals surface area contributed by atoms with Crippen molar-refractivity contribution < 1.29 is 4.74 Å². The molecule has 0 aromatic carbocycles. The first-order valence-corrected chi connectivity index (χ1v) is 8.99. The van der Waals surface area contributed by atoms with Gasteiger partial charge in [-0.3, -0.25) is 0 Å². The highest BCUT2D eigenvalue weighted by Crippen LogP contribution is 2.22. The van der Waals surface area contributed by atoms with Crippen LogP contribution in [0.4, 0.5) is 11.5 Å². The fraction of sp³-hybridized carbons (Fsp3) is 0.647. The van der Waals surface area contributed by atoms with Gasteiger partial charge >= 0.3 is 0 Å². The molecule has 2 unspecified atom stereocenters. The van der Waals surface area contributed by atoms with Gasteiger partial charge < -0.3 is 20.3 Å². The van der Waals surface area contributed by atoms with Crippen molar-refractivity contribution in [2.24, 2.45) is 5.92 Å². The van der Waals surface area contributed by atoms with E-state index in [-0.39, 0.29) is 6.10 Å². The third-order valence-corrected chi connectivity index (χ3v) is 4.75. The van der Waals surface area contributed by atoms with Gasteiger partial charge in [0.1, 0.15) is 5.82 Å². The van der Waals surface area contributed by atoms with Crippen molar-refractivity contribution >= 4 is 28.8 Å². The molecule has 23 heavy (non-hydrogen) atoms. The van der Waals surface area contributed by atoms with Crippen LogP contribution in [0.5, 0.6) is 0 Å². The molecule has 0 saturated carbocycles. The van der Waals surface area contributed by atoms with Gasteiger partial charge in [0.2, 0.25) is 0 Å². The molecule has 3 rings (SSSR count). The second-order valence-electron chi connectivity index (χ2n) is 6.57. The highest BCUT2D eigenvalue weighted by atomic mass is 32.1. The van der Waals surface area contributed by atoms with Crippen molar-refractivity contribution in [2.45, 2.75) is 38.7 Å². The van der Waals surface area contributed by atoms with Gasteiger partial charge in [-0.15, -0.1) is 0 Å². The predicted octanol–water partition coefficient (Wildman–Crippen LogP) is 2.78. The van der Waals surface area contributed by atoms with Gasteiger partial charge in [0.25, 0.3) is 0 Å². The molecule has 1 aromatic heterocycles. The summed E-state index contributed by atoms with van der Waals surface area (Å²) in [5.74, 6) is 1.80.